The minimum Gasteiger partial charge on any atom is -0.478 e. The highest BCUT2D eigenvalue weighted by molar-refractivity contribution is 7.12. The number of aromatic carboxylic acids is 1. The lowest BCUT2D eigenvalue weighted by Crippen LogP contribution is -2.10. The Labute approximate surface area is 153 Å². The molecule has 0 aliphatic carbocycles. The van der Waals surface area contributed by atoms with E-state index in [1.807, 2.05) is 24.3 Å². The zero-order valence-electron chi connectivity index (χ0n) is 14.1. The van der Waals surface area contributed by atoms with Gasteiger partial charge in [0, 0.05) is 25.2 Å². The lowest BCUT2D eigenvalue weighted by molar-refractivity contribution is -0.114. The fourth-order valence-corrected chi connectivity index (χ4v) is 3.20. The number of aromatic nitrogens is 2. The molecule has 3 aromatic rings. The Balaban J connectivity index is 1.93. The molecule has 26 heavy (non-hydrogen) atoms. The number of rotatable bonds is 4. The number of nitrogens with zero attached hydrogens (tertiary/aromatic N) is 3. The van der Waals surface area contributed by atoms with Gasteiger partial charge in [-0.1, -0.05) is 17.4 Å². The summed E-state index contributed by atoms with van der Waals surface area (Å²) in [6.45, 7) is 1.46. The van der Waals surface area contributed by atoms with Crippen molar-refractivity contribution < 1.29 is 14.7 Å². The first kappa shape index (κ1) is 17.6. The van der Waals surface area contributed by atoms with Crippen LogP contribution in [0.25, 0.3) is 10.6 Å². The molecule has 132 valence electrons. The molecule has 0 aliphatic rings. The van der Waals surface area contributed by atoms with Gasteiger partial charge >= 0.3 is 5.97 Å². The first-order chi connectivity index (χ1) is 12.4. The van der Waals surface area contributed by atoms with Gasteiger partial charge in [-0.2, -0.15) is 5.10 Å². The van der Waals surface area contributed by atoms with E-state index in [1.54, 1.807) is 23.9 Å². The van der Waals surface area contributed by atoms with Crippen LogP contribution in [0.15, 0.2) is 53.5 Å². The first-order valence-corrected chi connectivity index (χ1v) is 8.54. The largest absolute Gasteiger partial charge is 0.478 e. The van der Waals surface area contributed by atoms with Crippen LogP contribution in [0.4, 0.5) is 11.4 Å². The number of hydrogen-bond acceptors (Lipinski definition) is 5. The third kappa shape index (κ3) is 4.04. The fraction of sp³-hybridized carbons (Fsp3) is 0.111. The Morgan fingerprint density at radius 3 is 2.58 bits per heavy atom. The summed E-state index contributed by atoms with van der Waals surface area (Å²) in [7, 11) is 1.78. The standard InChI is InChI=1S/C18H16N4O3S/c1-11(23)19-14-8-6-12(7-9-14)16-21-22(2)18(26-16)20-15-5-3-4-13(10-15)17(24)25/h3-10H,1-2H3,(H,19,23)(H,24,25). The first-order valence-electron chi connectivity index (χ1n) is 7.72. The van der Waals surface area contributed by atoms with Crippen LogP contribution in [0.1, 0.15) is 17.3 Å². The molecule has 0 atom stereocenters. The van der Waals surface area contributed by atoms with E-state index in [4.69, 9.17) is 5.11 Å². The molecule has 0 bridgehead atoms. The van der Waals surface area contributed by atoms with Crippen molar-refractivity contribution in [2.45, 2.75) is 6.92 Å². The molecular formula is C18H16N4O3S. The number of nitrogens with one attached hydrogen (secondary N) is 1. The number of benzene rings is 2. The maximum atomic E-state index is 11.1. The maximum Gasteiger partial charge on any atom is 0.335 e. The number of hydrogen-bond donors (Lipinski definition) is 2. The summed E-state index contributed by atoms with van der Waals surface area (Å²) < 4.78 is 1.65. The van der Waals surface area contributed by atoms with Crippen molar-refractivity contribution in [2.24, 2.45) is 12.0 Å². The number of amides is 1. The van der Waals surface area contributed by atoms with E-state index in [-0.39, 0.29) is 11.5 Å². The van der Waals surface area contributed by atoms with Gasteiger partial charge in [0.15, 0.2) is 0 Å². The molecule has 3 rings (SSSR count). The highest BCUT2D eigenvalue weighted by Gasteiger charge is 2.07. The molecule has 0 fully saturated rings. The molecule has 7 nitrogen and oxygen atoms in total. The summed E-state index contributed by atoms with van der Waals surface area (Å²) in [5.41, 5.74) is 2.36. The van der Waals surface area contributed by atoms with Gasteiger partial charge in [-0.05, 0) is 42.5 Å². The van der Waals surface area contributed by atoms with Gasteiger partial charge in [0.05, 0.1) is 11.3 Å². The third-order valence-corrected chi connectivity index (χ3v) is 4.52. The monoisotopic (exact) mass is 368 g/mol. The normalized spacial score (nSPS) is 11.4. The quantitative estimate of drug-likeness (QED) is 0.740. The summed E-state index contributed by atoms with van der Waals surface area (Å²) in [4.78, 5) is 27.3. The van der Waals surface area contributed by atoms with E-state index in [9.17, 15) is 9.59 Å². The Bertz CT molecular complexity index is 1040. The zero-order valence-corrected chi connectivity index (χ0v) is 14.9. The minimum absolute atomic E-state index is 0.122. The van der Waals surface area contributed by atoms with Crippen molar-refractivity contribution >= 4 is 34.6 Å². The van der Waals surface area contributed by atoms with Crippen molar-refractivity contribution in [3.8, 4) is 10.6 Å². The number of anilines is 1. The molecule has 0 radical (unpaired) electrons. The van der Waals surface area contributed by atoms with Crippen LogP contribution in [0.2, 0.25) is 0 Å². The number of carboxylic acid groups (broad SMARTS) is 1. The Morgan fingerprint density at radius 1 is 1.19 bits per heavy atom. The smallest absolute Gasteiger partial charge is 0.335 e. The highest BCUT2D eigenvalue weighted by atomic mass is 32.1. The van der Waals surface area contributed by atoms with Crippen LogP contribution in [0.5, 0.6) is 0 Å². The average Bonchev–Trinajstić information content (AvgIpc) is 2.96. The van der Waals surface area contributed by atoms with E-state index < -0.39 is 5.97 Å². The maximum absolute atomic E-state index is 11.1. The second kappa shape index (κ2) is 7.32. The molecular weight excluding hydrogens is 352 g/mol. The van der Waals surface area contributed by atoms with E-state index >= 15 is 0 Å². The summed E-state index contributed by atoms with van der Waals surface area (Å²) >= 11 is 1.39. The van der Waals surface area contributed by atoms with Gasteiger partial charge in [0.25, 0.3) is 0 Å². The third-order valence-electron chi connectivity index (χ3n) is 3.48. The van der Waals surface area contributed by atoms with E-state index in [2.05, 4.69) is 15.4 Å². The minimum atomic E-state index is -0.990. The second-order valence-corrected chi connectivity index (χ2v) is 6.50. The lowest BCUT2D eigenvalue weighted by atomic mass is 10.2. The SMILES string of the molecule is CC(=O)Nc1ccc(-c2nn(C)c(=Nc3cccc(C(=O)O)c3)s2)cc1. The van der Waals surface area contributed by atoms with Crippen molar-refractivity contribution in [2.75, 3.05) is 5.32 Å². The highest BCUT2D eigenvalue weighted by Crippen LogP contribution is 2.22. The van der Waals surface area contributed by atoms with Crippen molar-refractivity contribution in [1.82, 2.24) is 9.78 Å². The number of carbonyl (C=O) groups is 2. The molecule has 0 saturated carbocycles. The number of aryl methyl sites for hydroxylation is 1. The lowest BCUT2D eigenvalue weighted by Gasteiger charge is -2.02. The molecule has 0 saturated heterocycles. The van der Waals surface area contributed by atoms with Crippen LogP contribution in [0, 0.1) is 0 Å². The zero-order chi connectivity index (χ0) is 18.7. The van der Waals surface area contributed by atoms with Crippen LogP contribution >= 0.6 is 11.3 Å². The van der Waals surface area contributed by atoms with Gasteiger partial charge in [-0.25, -0.2) is 14.5 Å². The van der Waals surface area contributed by atoms with E-state index in [0.717, 1.165) is 16.3 Å². The molecule has 2 aromatic carbocycles. The van der Waals surface area contributed by atoms with Crippen LogP contribution < -0.4 is 10.1 Å². The predicted octanol–water partition coefficient (Wildman–Crippen LogP) is 3.04. The molecule has 0 aliphatic heterocycles. The van der Waals surface area contributed by atoms with Gasteiger partial charge in [0.2, 0.25) is 10.7 Å². The van der Waals surface area contributed by atoms with Gasteiger partial charge in [0.1, 0.15) is 5.01 Å². The number of carbonyl (C=O) groups excluding carboxylic acids is 1. The van der Waals surface area contributed by atoms with Gasteiger partial charge < -0.3 is 10.4 Å². The van der Waals surface area contributed by atoms with Crippen LogP contribution in [-0.4, -0.2) is 26.8 Å². The molecule has 1 heterocycles. The molecule has 1 aromatic heterocycles. The van der Waals surface area contributed by atoms with E-state index in [0.29, 0.717) is 10.5 Å². The van der Waals surface area contributed by atoms with Crippen molar-refractivity contribution in [3.05, 3.63) is 58.9 Å². The molecule has 1 amide bonds. The van der Waals surface area contributed by atoms with E-state index in [1.165, 1.54) is 30.4 Å². The summed E-state index contributed by atoms with van der Waals surface area (Å²) in [6.07, 6.45) is 0. The van der Waals surface area contributed by atoms with Crippen molar-refractivity contribution in [3.63, 3.8) is 0 Å². The molecule has 0 unspecified atom stereocenters. The second-order valence-electron chi connectivity index (χ2n) is 5.54. The fourth-order valence-electron chi connectivity index (χ4n) is 2.28. The topological polar surface area (TPSA) is 96.6 Å². The Hall–Kier alpha value is -3.26. The van der Waals surface area contributed by atoms with Crippen LogP contribution in [0.3, 0.4) is 0 Å². The Morgan fingerprint density at radius 2 is 1.92 bits per heavy atom. The van der Waals surface area contributed by atoms with Crippen LogP contribution in [-0.2, 0) is 11.8 Å². The molecule has 2 N–H and O–H groups in total. The average molecular weight is 368 g/mol. The summed E-state index contributed by atoms with van der Waals surface area (Å²) in [6, 6.07) is 13.8. The predicted molar refractivity (Wildman–Crippen MR) is 99.4 cm³/mol. The number of carboxylic acids is 1. The Kier molecular flexibility index (Phi) is 4.94. The molecule has 8 heteroatoms. The summed E-state index contributed by atoms with van der Waals surface area (Å²) in [5, 5.41) is 17.0. The van der Waals surface area contributed by atoms with Gasteiger partial charge in [-0.3, -0.25) is 4.79 Å². The molecule has 0 spiro atoms. The summed E-state index contributed by atoms with van der Waals surface area (Å²) in [5.74, 6) is -1.11. The van der Waals surface area contributed by atoms with Crippen molar-refractivity contribution in [1.29, 1.82) is 0 Å². The van der Waals surface area contributed by atoms with Gasteiger partial charge in [-0.15, -0.1) is 0 Å².